The molecule has 0 unspecified atom stereocenters. The average molecular weight is 247 g/mol. The van der Waals surface area contributed by atoms with Crippen molar-refractivity contribution in [1.82, 2.24) is 5.32 Å². The van der Waals surface area contributed by atoms with Crippen LogP contribution in [0.3, 0.4) is 0 Å². The fraction of sp³-hybridized carbons (Fsp3) is 0.500. The molecular formula is C12H13F4N. The van der Waals surface area contributed by atoms with Gasteiger partial charge in [0.05, 0.1) is 5.56 Å². The van der Waals surface area contributed by atoms with Crippen molar-refractivity contribution in [2.24, 2.45) is 0 Å². The second-order valence-electron chi connectivity index (χ2n) is 4.31. The summed E-state index contributed by atoms with van der Waals surface area (Å²) in [5.41, 5.74) is -0.782. The van der Waals surface area contributed by atoms with Gasteiger partial charge in [-0.05, 0) is 30.5 Å². The van der Waals surface area contributed by atoms with Gasteiger partial charge in [-0.1, -0.05) is 12.5 Å². The number of benzene rings is 1. The Kier molecular flexibility index (Phi) is 3.38. The van der Waals surface area contributed by atoms with E-state index in [9.17, 15) is 17.6 Å². The lowest BCUT2D eigenvalue weighted by atomic mass is 9.93. The molecule has 0 aromatic heterocycles. The van der Waals surface area contributed by atoms with Crippen molar-refractivity contribution in [2.75, 3.05) is 0 Å². The Morgan fingerprint density at radius 2 is 1.94 bits per heavy atom. The molecule has 0 bridgehead atoms. The first-order valence-corrected chi connectivity index (χ1v) is 5.56. The van der Waals surface area contributed by atoms with Crippen LogP contribution in [0.25, 0.3) is 0 Å². The molecule has 1 nitrogen and oxygen atoms in total. The number of hydrogen-bond donors (Lipinski definition) is 1. The number of hydrogen-bond acceptors (Lipinski definition) is 1. The molecule has 0 radical (unpaired) electrons. The first-order chi connectivity index (χ1) is 7.97. The fourth-order valence-corrected chi connectivity index (χ4v) is 1.83. The summed E-state index contributed by atoms with van der Waals surface area (Å²) in [7, 11) is 0. The number of halogens is 4. The van der Waals surface area contributed by atoms with Crippen LogP contribution in [0.1, 0.15) is 30.4 Å². The molecule has 1 N–H and O–H groups in total. The zero-order chi connectivity index (χ0) is 12.5. The van der Waals surface area contributed by atoms with Crippen molar-refractivity contribution in [3.63, 3.8) is 0 Å². The van der Waals surface area contributed by atoms with E-state index in [1.165, 1.54) is 6.07 Å². The second kappa shape index (κ2) is 4.64. The van der Waals surface area contributed by atoms with Crippen LogP contribution in [0.15, 0.2) is 18.2 Å². The van der Waals surface area contributed by atoms with Gasteiger partial charge in [-0.15, -0.1) is 0 Å². The lowest BCUT2D eigenvalue weighted by Gasteiger charge is -2.27. The van der Waals surface area contributed by atoms with Crippen molar-refractivity contribution < 1.29 is 17.6 Å². The maximum absolute atomic E-state index is 12.8. The third-order valence-corrected chi connectivity index (χ3v) is 3.06. The largest absolute Gasteiger partial charge is 0.416 e. The first kappa shape index (κ1) is 12.4. The number of nitrogens with one attached hydrogen (secondary N) is 1. The predicted octanol–water partition coefficient (Wildman–Crippen LogP) is 3.49. The average Bonchev–Trinajstić information content (AvgIpc) is 2.16. The molecule has 0 spiro atoms. The van der Waals surface area contributed by atoms with Crippen LogP contribution >= 0.6 is 0 Å². The van der Waals surface area contributed by atoms with Crippen LogP contribution in [0, 0.1) is 5.82 Å². The minimum Gasteiger partial charge on any atom is -0.310 e. The summed E-state index contributed by atoms with van der Waals surface area (Å²) in [6.45, 7) is 0.139. The zero-order valence-corrected chi connectivity index (χ0v) is 9.15. The van der Waals surface area contributed by atoms with Crippen LogP contribution in [-0.2, 0) is 12.7 Å². The highest BCUT2D eigenvalue weighted by atomic mass is 19.4. The Morgan fingerprint density at radius 3 is 2.47 bits per heavy atom. The molecule has 17 heavy (non-hydrogen) atoms. The fourth-order valence-electron chi connectivity index (χ4n) is 1.83. The molecule has 0 saturated heterocycles. The van der Waals surface area contributed by atoms with Gasteiger partial charge in [0.25, 0.3) is 0 Å². The van der Waals surface area contributed by atoms with Gasteiger partial charge in [0, 0.05) is 12.6 Å². The van der Waals surface area contributed by atoms with Crippen molar-refractivity contribution >= 4 is 0 Å². The van der Waals surface area contributed by atoms with E-state index in [0.717, 1.165) is 25.3 Å². The van der Waals surface area contributed by atoms with Crippen molar-refractivity contribution in [3.8, 4) is 0 Å². The first-order valence-electron chi connectivity index (χ1n) is 5.56. The van der Waals surface area contributed by atoms with Gasteiger partial charge >= 0.3 is 6.18 Å². The summed E-state index contributed by atoms with van der Waals surface area (Å²) in [5.74, 6) is -0.857. The van der Waals surface area contributed by atoms with Gasteiger partial charge < -0.3 is 5.32 Å². The number of alkyl halides is 3. The third kappa shape index (κ3) is 2.97. The summed E-state index contributed by atoms with van der Waals surface area (Å²) in [6, 6.07) is 3.12. The third-order valence-electron chi connectivity index (χ3n) is 3.06. The molecular weight excluding hydrogens is 234 g/mol. The van der Waals surface area contributed by atoms with Crippen LogP contribution in [0.4, 0.5) is 17.6 Å². The Labute approximate surface area is 96.8 Å². The summed E-state index contributed by atoms with van der Waals surface area (Å²) >= 11 is 0. The monoisotopic (exact) mass is 247 g/mol. The van der Waals surface area contributed by atoms with Crippen molar-refractivity contribution in [1.29, 1.82) is 0 Å². The topological polar surface area (TPSA) is 12.0 Å². The summed E-state index contributed by atoms with van der Waals surface area (Å²) in [4.78, 5) is 0. The lowest BCUT2D eigenvalue weighted by Crippen LogP contribution is -2.35. The Morgan fingerprint density at radius 1 is 1.24 bits per heavy atom. The SMILES string of the molecule is Fc1ccc(CNC2CCC2)c(C(F)(F)F)c1. The van der Waals surface area contributed by atoms with Crippen LogP contribution in [0.2, 0.25) is 0 Å². The highest BCUT2D eigenvalue weighted by molar-refractivity contribution is 5.30. The summed E-state index contributed by atoms with van der Waals surface area (Å²) in [6.07, 6.45) is -1.38. The molecule has 1 aliphatic rings. The molecule has 1 fully saturated rings. The molecule has 2 rings (SSSR count). The van der Waals surface area contributed by atoms with Gasteiger partial charge in [-0.2, -0.15) is 13.2 Å². The second-order valence-corrected chi connectivity index (χ2v) is 4.31. The minimum atomic E-state index is -4.50. The van der Waals surface area contributed by atoms with E-state index in [0.29, 0.717) is 12.1 Å². The van der Waals surface area contributed by atoms with E-state index in [2.05, 4.69) is 5.32 Å². The van der Waals surface area contributed by atoms with Gasteiger partial charge in [0.2, 0.25) is 0 Å². The zero-order valence-electron chi connectivity index (χ0n) is 9.15. The minimum absolute atomic E-state index is 0.103. The number of rotatable bonds is 3. The Hall–Kier alpha value is -1.10. The molecule has 0 atom stereocenters. The van der Waals surface area contributed by atoms with Gasteiger partial charge in [0.15, 0.2) is 0 Å². The predicted molar refractivity (Wildman–Crippen MR) is 55.9 cm³/mol. The van der Waals surface area contributed by atoms with E-state index in [4.69, 9.17) is 0 Å². The van der Waals surface area contributed by atoms with Crippen LogP contribution < -0.4 is 5.32 Å². The molecule has 94 valence electrons. The van der Waals surface area contributed by atoms with Gasteiger partial charge in [0.1, 0.15) is 5.82 Å². The summed E-state index contributed by atoms with van der Waals surface area (Å²) < 4.78 is 50.8. The highest BCUT2D eigenvalue weighted by Crippen LogP contribution is 2.32. The van der Waals surface area contributed by atoms with E-state index in [1.807, 2.05) is 0 Å². The maximum Gasteiger partial charge on any atom is 0.416 e. The molecule has 1 aromatic rings. The van der Waals surface area contributed by atoms with Gasteiger partial charge in [-0.25, -0.2) is 4.39 Å². The normalized spacial score (nSPS) is 16.9. The quantitative estimate of drug-likeness (QED) is 0.806. The van der Waals surface area contributed by atoms with E-state index >= 15 is 0 Å². The van der Waals surface area contributed by atoms with E-state index in [1.54, 1.807) is 0 Å². The van der Waals surface area contributed by atoms with E-state index in [-0.39, 0.29) is 12.1 Å². The molecule has 0 aliphatic heterocycles. The standard InChI is InChI=1S/C12H13F4N/c13-9-5-4-8(7-17-10-2-1-3-10)11(6-9)12(14,15)16/h4-6,10,17H,1-3,7H2. The van der Waals surface area contributed by atoms with Crippen molar-refractivity contribution in [3.05, 3.63) is 35.1 Å². The smallest absolute Gasteiger partial charge is 0.310 e. The molecule has 0 heterocycles. The molecule has 1 saturated carbocycles. The van der Waals surface area contributed by atoms with E-state index < -0.39 is 17.6 Å². The van der Waals surface area contributed by atoms with Crippen LogP contribution in [0.5, 0.6) is 0 Å². The lowest BCUT2D eigenvalue weighted by molar-refractivity contribution is -0.138. The maximum atomic E-state index is 12.8. The summed E-state index contributed by atoms with van der Waals surface area (Å²) in [5, 5.41) is 3.04. The molecule has 0 amide bonds. The Bertz CT molecular complexity index is 396. The Balaban J connectivity index is 2.13. The molecule has 5 heteroatoms. The molecule has 1 aromatic carbocycles. The van der Waals surface area contributed by atoms with Crippen molar-refractivity contribution in [2.45, 2.75) is 38.0 Å². The van der Waals surface area contributed by atoms with Gasteiger partial charge in [-0.3, -0.25) is 0 Å². The molecule has 1 aliphatic carbocycles. The van der Waals surface area contributed by atoms with Crippen LogP contribution in [-0.4, -0.2) is 6.04 Å². The highest BCUT2D eigenvalue weighted by Gasteiger charge is 2.33.